The minimum atomic E-state index is 0.119. The van der Waals surface area contributed by atoms with E-state index in [1.807, 2.05) is 31.8 Å². The molecule has 2 heterocycles. The fraction of sp³-hybridized carbons (Fsp3) is 0.500. The second-order valence-corrected chi connectivity index (χ2v) is 5.59. The van der Waals surface area contributed by atoms with Crippen molar-refractivity contribution >= 4 is 23.4 Å². The molecule has 2 rings (SSSR count). The molecule has 0 amide bonds. The summed E-state index contributed by atoms with van der Waals surface area (Å²) < 4.78 is 0. The summed E-state index contributed by atoms with van der Waals surface area (Å²) in [5, 5.41) is 12.0. The minimum Gasteiger partial charge on any atom is -0.409 e. The van der Waals surface area contributed by atoms with Crippen molar-refractivity contribution in [1.82, 2.24) is 4.98 Å². The van der Waals surface area contributed by atoms with Gasteiger partial charge in [-0.1, -0.05) is 5.16 Å². The van der Waals surface area contributed by atoms with Gasteiger partial charge in [-0.05, 0) is 30.7 Å². The SMILES string of the molecule is Cc1ccnc(N(C)C2CCSC2)c1/C(N)=N/O. The number of aromatic nitrogens is 1. The average molecular weight is 266 g/mol. The molecule has 0 aromatic carbocycles. The molecule has 1 aliphatic rings. The quantitative estimate of drug-likeness (QED) is 0.375. The number of hydrogen-bond donors (Lipinski definition) is 2. The van der Waals surface area contributed by atoms with Crippen LogP contribution in [0.4, 0.5) is 5.82 Å². The molecule has 3 N–H and O–H groups in total. The van der Waals surface area contributed by atoms with Gasteiger partial charge in [-0.2, -0.15) is 11.8 Å². The number of nitrogens with two attached hydrogens (primary N) is 1. The summed E-state index contributed by atoms with van der Waals surface area (Å²) in [6, 6.07) is 2.34. The molecule has 0 aliphatic carbocycles. The van der Waals surface area contributed by atoms with Crippen molar-refractivity contribution < 1.29 is 5.21 Å². The van der Waals surface area contributed by atoms with E-state index in [0.29, 0.717) is 6.04 Å². The zero-order valence-electron chi connectivity index (χ0n) is 10.6. The Bertz CT molecular complexity index is 457. The van der Waals surface area contributed by atoms with E-state index >= 15 is 0 Å². The molecule has 0 radical (unpaired) electrons. The second kappa shape index (κ2) is 5.48. The second-order valence-electron chi connectivity index (χ2n) is 4.44. The molecule has 1 atom stereocenters. The smallest absolute Gasteiger partial charge is 0.174 e. The monoisotopic (exact) mass is 266 g/mol. The lowest BCUT2D eigenvalue weighted by Gasteiger charge is -2.27. The molecular weight excluding hydrogens is 248 g/mol. The molecule has 6 heteroatoms. The van der Waals surface area contributed by atoms with Crippen LogP contribution >= 0.6 is 11.8 Å². The number of nitrogens with zero attached hydrogens (tertiary/aromatic N) is 3. The summed E-state index contributed by atoms with van der Waals surface area (Å²) >= 11 is 1.95. The van der Waals surface area contributed by atoms with Gasteiger partial charge in [0.25, 0.3) is 0 Å². The van der Waals surface area contributed by atoms with Crippen LogP contribution in [0.3, 0.4) is 0 Å². The van der Waals surface area contributed by atoms with E-state index in [1.54, 1.807) is 6.20 Å². The number of aryl methyl sites for hydroxylation is 1. The van der Waals surface area contributed by atoms with Gasteiger partial charge in [0.1, 0.15) is 5.82 Å². The lowest BCUT2D eigenvalue weighted by molar-refractivity contribution is 0.318. The summed E-state index contributed by atoms with van der Waals surface area (Å²) in [5.74, 6) is 3.19. The number of hydrogen-bond acceptors (Lipinski definition) is 5. The third-order valence-corrected chi connectivity index (χ3v) is 4.44. The Morgan fingerprint density at radius 2 is 2.44 bits per heavy atom. The topological polar surface area (TPSA) is 74.7 Å². The Morgan fingerprint density at radius 1 is 1.67 bits per heavy atom. The van der Waals surface area contributed by atoms with Crippen LogP contribution in [-0.4, -0.2) is 40.6 Å². The van der Waals surface area contributed by atoms with E-state index in [4.69, 9.17) is 10.9 Å². The van der Waals surface area contributed by atoms with Gasteiger partial charge < -0.3 is 15.8 Å². The lowest BCUT2D eigenvalue weighted by atomic mass is 10.1. The van der Waals surface area contributed by atoms with E-state index < -0.39 is 0 Å². The predicted molar refractivity (Wildman–Crippen MR) is 75.6 cm³/mol. The van der Waals surface area contributed by atoms with Crippen LogP contribution < -0.4 is 10.6 Å². The largest absolute Gasteiger partial charge is 0.409 e. The molecule has 0 bridgehead atoms. The minimum absolute atomic E-state index is 0.119. The number of rotatable bonds is 3. The van der Waals surface area contributed by atoms with E-state index in [2.05, 4.69) is 15.0 Å². The van der Waals surface area contributed by atoms with Gasteiger partial charge in [-0.15, -0.1) is 0 Å². The van der Waals surface area contributed by atoms with Gasteiger partial charge in [0.05, 0.1) is 5.56 Å². The van der Waals surface area contributed by atoms with Crippen molar-refractivity contribution in [1.29, 1.82) is 0 Å². The average Bonchev–Trinajstić information content (AvgIpc) is 2.90. The maximum atomic E-state index is 8.90. The zero-order chi connectivity index (χ0) is 13.1. The van der Waals surface area contributed by atoms with Crippen molar-refractivity contribution in [3.63, 3.8) is 0 Å². The van der Waals surface area contributed by atoms with Crippen molar-refractivity contribution in [3.05, 3.63) is 23.4 Å². The van der Waals surface area contributed by atoms with Gasteiger partial charge in [-0.3, -0.25) is 0 Å². The van der Waals surface area contributed by atoms with Crippen LogP contribution in [0.1, 0.15) is 17.5 Å². The Morgan fingerprint density at radius 3 is 3.06 bits per heavy atom. The summed E-state index contributed by atoms with van der Waals surface area (Å²) in [5.41, 5.74) is 7.45. The Hall–Kier alpha value is -1.43. The van der Waals surface area contributed by atoms with Crippen molar-refractivity contribution in [2.75, 3.05) is 23.5 Å². The first-order valence-corrected chi connectivity index (χ1v) is 7.04. The van der Waals surface area contributed by atoms with Crippen LogP contribution in [0.5, 0.6) is 0 Å². The fourth-order valence-corrected chi connectivity index (χ4v) is 3.45. The van der Waals surface area contributed by atoms with Crippen molar-refractivity contribution in [3.8, 4) is 0 Å². The highest BCUT2D eigenvalue weighted by Gasteiger charge is 2.24. The van der Waals surface area contributed by atoms with E-state index in [-0.39, 0.29) is 5.84 Å². The van der Waals surface area contributed by atoms with Crippen molar-refractivity contribution in [2.24, 2.45) is 10.9 Å². The number of thioether (sulfide) groups is 1. The van der Waals surface area contributed by atoms with Gasteiger partial charge in [0.2, 0.25) is 0 Å². The van der Waals surface area contributed by atoms with E-state index in [0.717, 1.165) is 29.1 Å². The predicted octanol–water partition coefficient (Wildman–Crippen LogP) is 1.43. The highest BCUT2D eigenvalue weighted by Crippen LogP contribution is 2.27. The lowest BCUT2D eigenvalue weighted by Crippen LogP contribution is -2.34. The van der Waals surface area contributed by atoms with Gasteiger partial charge in [-0.25, -0.2) is 4.98 Å². The van der Waals surface area contributed by atoms with Crippen LogP contribution in [-0.2, 0) is 0 Å². The number of oxime groups is 1. The summed E-state index contributed by atoms with van der Waals surface area (Å²) in [6.45, 7) is 1.94. The molecule has 1 aromatic rings. The Balaban J connectivity index is 2.40. The van der Waals surface area contributed by atoms with Crippen LogP contribution in [0.2, 0.25) is 0 Å². The number of amidine groups is 1. The van der Waals surface area contributed by atoms with Gasteiger partial charge in [0, 0.05) is 25.0 Å². The third kappa shape index (κ3) is 2.38. The Labute approximate surface area is 111 Å². The zero-order valence-corrected chi connectivity index (χ0v) is 11.4. The first kappa shape index (κ1) is 13.0. The molecule has 0 spiro atoms. The maximum absolute atomic E-state index is 8.90. The Kier molecular flexibility index (Phi) is 3.96. The molecule has 1 aliphatic heterocycles. The highest BCUT2D eigenvalue weighted by molar-refractivity contribution is 7.99. The van der Waals surface area contributed by atoms with E-state index in [9.17, 15) is 0 Å². The van der Waals surface area contributed by atoms with E-state index in [1.165, 1.54) is 5.75 Å². The molecule has 0 saturated carbocycles. The highest BCUT2D eigenvalue weighted by atomic mass is 32.2. The molecule has 1 aromatic heterocycles. The first-order chi connectivity index (χ1) is 8.65. The fourth-order valence-electron chi connectivity index (χ4n) is 2.18. The maximum Gasteiger partial charge on any atom is 0.174 e. The standard InChI is InChI=1S/C12H18N4OS/c1-8-3-5-14-12(10(8)11(13)15-17)16(2)9-4-6-18-7-9/h3,5,9,17H,4,6-7H2,1-2H3,(H2,13,15). The normalized spacial score (nSPS) is 20.1. The summed E-state index contributed by atoms with van der Waals surface area (Å²) in [7, 11) is 2.02. The molecular formula is C12H18N4OS. The molecule has 5 nitrogen and oxygen atoms in total. The molecule has 98 valence electrons. The van der Waals surface area contributed by atoms with Crippen LogP contribution in [0.25, 0.3) is 0 Å². The van der Waals surface area contributed by atoms with Crippen LogP contribution in [0, 0.1) is 6.92 Å². The van der Waals surface area contributed by atoms with Crippen molar-refractivity contribution in [2.45, 2.75) is 19.4 Å². The number of pyridine rings is 1. The summed E-state index contributed by atoms with van der Waals surface area (Å²) in [6.07, 6.45) is 2.91. The van der Waals surface area contributed by atoms with Gasteiger partial charge >= 0.3 is 0 Å². The molecule has 1 unspecified atom stereocenters. The molecule has 1 saturated heterocycles. The van der Waals surface area contributed by atoms with Crippen LogP contribution in [0.15, 0.2) is 17.4 Å². The molecule has 18 heavy (non-hydrogen) atoms. The molecule has 1 fully saturated rings. The first-order valence-electron chi connectivity index (χ1n) is 5.89. The third-order valence-electron chi connectivity index (χ3n) is 3.29. The summed E-state index contributed by atoms with van der Waals surface area (Å²) in [4.78, 5) is 6.54. The number of anilines is 1. The van der Waals surface area contributed by atoms with Gasteiger partial charge in [0.15, 0.2) is 5.84 Å².